The number of nitro groups is 1. The van der Waals surface area contributed by atoms with Crippen LogP contribution in [0.15, 0.2) is 18.2 Å². The lowest BCUT2D eigenvalue weighted by atomic mass is 9.77. The van der Waals surface area contributed by atoms with E-state index in [4.69, 9.17) is 22.1 Å². The summed E-state index contributed by atoms with van der Waals surface area (Å²) >= 11 is 5.94. The number of rotatable bonds is 4. The lowest BCUT2D eigenvalue weighted by Crippen LogP contribution is -2.40. The smallest absolute Gasteiger partial charge is 0.272 e. The van der Waals surface area contributed by atoms with Crippen LogP contribution in [0.5, 0.6) is 0 Å². The van der Waals surface area contributed by atoms with Crippen molar-refractivity contribution < 1.29 is 9.66 Å². The Morgan fingerprint density at radius 3 is 2.89 bits per heavy atom. The number of halogens is 1. The van der Waals surface area contributed by atoms with Crippen molar-refractivity contribution in [1.29, 1.82) is 0 Å². The number of ether oxygens (including phenoxy) is 1. The lowest BCUT2D eigenvalue weighted by Gasteiger charge is -2.36. The molecule has 1 aliphatic heterocycles. The number of nitro benzene ring substituents is 1. The van der Waals surface area contributed by atoms with Crippen molar-refractivity contribution >= 4 is 17.3 Å². The molecule has 2 N–H and O–H groups in total. The fourth-order valence-electron chi connectivity index (χ4n) is 2.56. The monoisotopic (exact) mass is 284 g/mol. The minimum atomic E-state index is -0.375. The van der Waals surface area contributed by atoms with Gasteiger partial charge in [0.25, 0.3) is 5.69 Å². The highest BCUT2D eigenvalue weighted by Crippen LogP contribution is 2.35. The van der Waals surface area contributed by atoms with Gasteiger partial charge in [-0.15, -0.1) is 0 Å². The fraction of sp³-hybridized carbons (Fsp3) is 0.538. The summed E-state index contributed by atoms with van der Waals surface area (Å²) in [6.45, 7) is 1.74. The maximum Gasteiger partial charge on any atom is 0.272 e. The van der Waals surface area contributed by atoms with E-state index in [0.717, 1.165) is 19.4 Å². The lowest BCUT2D eigenvalue weighted by molar-refractivity contribution is -0.385. The Morgan fingerprint density at radius 1 is 1.53 bits per heavy atom. The highest BCUT2D eigenvalue weighted by Gasteiger charge is 2.34. The summed E-state index contributed by atoms with van der Waals surface area (Å²) in [6, 6.07) is 4.65. The zero-order valence-corrected chi connectivity index (χ0v) is 11.4. The molecule has 0 bridgehead atoms. The molecule has 5 nitrogen and oxygen atoms in total. The van der Waals surface area contributed by atoms with Crippen molar-refractivity contribution in [2.75, 3.05) is 19.8 Å². The van der Waals surface area contributed by atoms with E-state index in [2.05, 4.69) is 0 Å². The first-order valence-electron chi connectivity index (χ1n) is 6.27. The Hall–Kier alpha value is -1.17. The van der Waals surface area contributed by atoms with E-state index in [0.29, 0.717) is 30.2 Å². The van der Waals surface area contributed by atoms with Gasteiger partial charge in [0.2, 0.25) is 0 Å². The van der Waals surface area contributed by atoms with E-state index in [1.165, 1.54) is 12.1 Å². The summed E-state index contributed by atoms with van der Waals surface area (Å²) in [4.78, 5) is 10.7. The van der Waals surface area contributed by atoms with Gasteiger partial charge in [0.1, 0.15) is 0 Å². The highest BCUT2D eigenvalue weighted by molar-refractivity contribution is 6.30. The summed E-state index contributed by atoms with van der Waals surface area (Å²) in [5.74, 6) is 0. The van der Waals surface area contributed by atoms with Gasteiger partial charge < -0.3 is 10.5 Å². The molecule has 1 fully saturated rings. The molecule has 1 aromatic rings. The van der Waals surface area contributed by atoms with Gasteiger partial charge >= 0.3 is 0 Å². The molecule has 6 heteroatoms. The quantitative estimate of drug-likeness (QED) is 0.681. The Bertz CT molecular complexity index is 473. The molecule has 0 aromatic heterocycles. The van der Waals surface area contributed by atoms with Crippen molar-refractivity contribution in [3.63, 3.8) is 0 Å². The molecule has 1 saturated heterocycles. The van der Waals surface area contributed by atoms with Gasteiger partial charge in [-0.3, -0.25) is 10.1 Å². The first-order valence-corrected chi connectivity index (χ1v) is 6.65. The second kappa shape index (κ2) is 5.86. The normalized spacial score (nSPS) is 23.3. The second-order valence-corrected chi connectivity index (χ2v) is 5.50. The summed E-state index contributed by atoms with van der Waals surface area (Å²) < 4.78 is 5.50. The van der Waals surface area contributed by atoms with Crippen molar-refractivity contribution in [1.82, 2.24) is 0 Å². The zero-order chi connectivity index (χ0) is 13.9. The third kappa shape index (κ3) is 3.23. The molecular formula is C13H17ClN2O3. The average Bonchev–Trinajstić information content (AvgIpc) is 2.39. The molecular weight excluding hydrogens is 268 g/mol. The summed E-state index contributed by atoms with van der Waals surface area (Å²) in [5, 5.41) is 11.6. The summed E-state index contributed by atoms with van der Waals surface area (Å²) in [6.07, 6.45) is 2.39. The Morgan fingerprint density at radius 2 is 2.32 bits per heavy atom. The molecule has 1 heterocycles. The van der Waals surface area contributed by atoms with Gasteiger partial charge in [0.15, 0.2) is 0 Å². The SMILES string of the molecule is NCC1(Cc2cc(Cl)ccc2[N+](=O)[O-])CCCOC1. The van der Waals surface area contributed by atoms with Crippen molar-refractivity contribution in [2.45, 2.75) is 19.3 Å². The van der Waals surface area contributed by atoms with Crippen LogP contribution in [0.1, 0.15) is 18.4 Å². The van der Waals surface area contributed by atoms with Crippen LogP contribution in [-0.4, -0.2) is 24.7 Å². The van der Waals surface area contributed by atoms with Crippen LogP contribution in [0, 0.1) is 15.5 Å². The third-order valence-electron chi connectivity index (χ3n) is 3.64. The molecule has 0 saturated carbocycles. The predicted octanol–water partition coefficient (Wildman–Crippen LogP) is 2.55. The number of hydrogen-bond donors (Lipinski definition) is 1. The third-order valence-corrected chi connectivity index (χ3v) is 3.88. The van der Waals surface area contributed by atoms with Gasteiger partial charge in [-0.1, -0.05) is 11.6 Å². The first kappa shape index (κ1) is 14.2. The van der Waals surface area contributed by atoms with Gasteiger partial charge in [0.05, 0.1) is 11.5 Å². The summed E-state index contributed by atoms with van der Waals surface area (Å²) in [7, 11) is 0. The minimum Gasteiger partial charge on any atom is -0.381 e. The molecule has 0 amide bonds. The maximum absolute atomic E-state index is 11.1. The van der Waals surface area contributed by atoms with Crippen LogP contribution in [0.3, 0.4) is 0 Å². The molecule has 0 spiro atoms. The van der Waals surface area contributed by atoms with Crippen molar-refractivity contribution in [3.05, 3.63) is 38.9 Å². The highest BCUT2D eigenvalue weighted by atomic mass is 35.5. The van der Waals surface area contributed by atoms with E-state index in [9.17, 15) is 10.1 Å². The van der Waals surface area contributed by atoms with Crippen LogP contribution in [0.25, 0.3) is 0 Å². The first-order chi connectivity index (χ1) is 9.06. The number of nitrogens with zero attached hydrogens (tertiary/aromatic N) is 1. The van der Waals surface area contributed by atoms with Crippen LogP contribution in [0.2, 0.25) is 5.02 Å². The van der Waals surface area contributed by atoms with Gasteiger partial charge in [-0.25, -0.2) is 0 Å². The molecule has 0 aliphatic carbocycles. The fourth-order valence-corrected chi connectivity index (χ4v) is 2.76. The van der Waals surface area contributed by atoms with Crippen LogP contribution >= 0.6 is 11.6 Å². The van der Waals surface area contributed by atoms with E-state index >= 15 is 0 Å². The van der Waals surface area contributed by atoms with Gasteiger partial charge in [0, 0.05) is 35.2 Å². The van der Waals surface area contributed by atoms with Crippen LogP contribution in [0.4, 0.5) is 5.69 Å². The summed E-state index contributed by atoms with van der Waals surface area (Å²) in [5.41, 5.74) is 6.39. The van der Waals surface area contributed by atoms with E-state index in [-0.39, 0.29) is 16.0 Å². The Labute approximate surface area is 116 Å². The molecule has 104 valence electrons. The standard InChI is InChI=1S/C13H17ClN2O3/c14-11-2-3-12(16(17)18)10(6-11)7-13(8-15)4-1-5-19-9-13/h2-3,6H,1,4-5,7-9,15H2. The van der Waals surface area contributed by atoms with Crippen molar-refractivity contribution in [3.8, 4) is 0 Å². The van der Waals surface area contributed by atoms with Gasteiger partial charge in [-0.2, -0.15) is 0 Å². The molecule has 19 heavy (non-hydrogen) atoms. The van der Waals surface area contributed by atoms with Crippen LogP contribution < -0.4 is 5.73 Å². The molecule has 1 unspecified atom stereocenters. The molecule has 1 aromatic carbocycles. The largest absolute Gasteiger partial charge is 0.381 e. The molecule has 2 rings (SSSR count). The molecule has 1 atom stereocenters. The number of hydrogen-bond acceptors (Lipinski definition) is 4. The van der Waals surface area contributed by atoms with Crippen molar-refractivity contribution in [2.24, 2.45) is 11.1 Å². The predicted molar refractivity (Wildman–Crippen MR) is 73.4 cm³/mol. The second-order valence-electron chi connectivity index (χ2n) is 5.07. The molecule has 0 radical (unpaired) electrons. The number of nitrogens with two attached hydrogens (primary N) is 1. The van der Waals surface area contributed by atoms with E-state index in [1.807, 2.05) is 0 Å². The Kier molecular flexibility index (Phi) is 4.39. The Balaban J connectivity index is 2.30. The van der Waals surface area contributed by atoms with Gasteiger partial charge in [-0.05, 0) is 31.4 Å². The van der Waals surface area contributed by atoms with Crippen LogP contribution in [-0.2, 0) is 11.2 Å². The topological polar surface area (TPSA) is 78.4 Å². The number of benzene rings is 1. The average molecular weight is 285 g/mol. The van der Waals surface area contributed by atoms with E-state index in [1.54, 1.807) is 6.07 Å². The maximum atomic E-state index is 11.1. The van der Waals surface area contributed by atoms with E-state index < -0.39 is 0 Å². The molecule has 1 aliphatic rings. The minimum absolute atomic E-state index is 0.0998. The zero-order valence-electron chi connectivity index (χ0n) is 10.6.